The third kappa shape index (κ3) is 9.92. The molecule has 236 valence electrons. The van der Waals surface area contributed by atoms with Crippen molar-refractivity contribution in [2.45, 2.75) is 45.3 Å². The number of benzene rings is 4. The molecule has 0 spiro atoms. The van der Waals surface area contributed by atoms with Crippen LogP contribution in [0.2, 0.25) is 0 Å². The zero-order valence-corrected chi connectivity index (χ0v) is 28.0. The SMILES string of the molecule is CC[C@@H](C)NC(=O)[C@H](Cc1ccccc1)N(Cc1cccc(Br)c1)C(=O)CN(c1ccc(Oc2ccccc2)cc1)S(C)(=O)=O. The Labute approximate surface area is 274 Å². The second kappa shape index (κ2) is 15.7. The zero-order chi connectivity index (χ0) is 32.4. The standard InChI is InChI=1S/C35H38BrN3O5S/c1-4-26(2)37-35(41)33(23-27-12-7-5-8-13-27)38(24-28-14-11-15-29(36)22-28)34(40)25-39(45(3,42)43)30-18-20-32(21-19-30)44-31-16-9-6-10-17-31/h5-22,26,33H,4,23-25H2,1-3H3,(H,37,41)/t26-,33+/m1/s1. The first-order valence-electron chi connectivity index (χ1n) is 14.7. The Morgan fingerprint density at radius 3 is 2.04 bits per heavy atom. The molecule has 0 heterocycles. The lowest BCUT2D eigenvalue weighted by Gasteiger charge is -2.34. The quantitative estimate of drug-likeness (QED) is 0.162. The Hall–Kier alpha value is -4.15. The first kappa shape index (κ1) is 33.7. The Morgan fingerprint density at radius 1 is 0.844 bits per heavy atom. The van der Waals surface area contributed by atoms with Crippen molar-refractivity contribution >= 4 is 43.5 Å². The number of sulfonamides is 1. The summed E-state index contributed by atoms with van der Waals surface area (Å²) in [6.07, 6.45) is 2.03. The highest BCUT2D eigenvalue weighted by Crippen LogP contribution is 2.26. The van der Waals surface area contributed by atoms with Gasteiger partial charge in [-0.2, -0.15) is 0 Å². The fourth-order valence-electron chi connectivity index (χ4n) is 4.75. The average Bonchev–Trinajstić information content (AvgIpc) is 3.02. The molecule has 0 saturated heterocycles. The lowest BCUT2D eigenvalue weighted by molar-refractivity contribution is -0.140. The van der Waals surface area contributed by atoms with Crippen LogP contribution in [0.4, 0.5) is 5.69 Å². The average molecular weight is 693 g/mol. The van der Waals surface area contributed by atoms with Gasteiger partial charge in [0.25, 0.3) is 0 Å². The van der Waals surface area contributed by atoms with Crippen molar-refractivity contribution < 1.29 is 22.7 Å². The summed E-state index contributed by atoms with van der Waals surface area (Å²) >= 11 is 3.49. The number of nitrogens with one attached hydrogen (secondary N) is 1. The predicted molar refractivity (Wildman–Crippen MR) is 182 cm³/mol. The van der Waals surface area contributed by atoms with Crippen molar-refractivity contribution in [2.24, 2.45) is 0 Å². The number of halogens is 1. The van der Waals surface area contributed by atoms with Crippen molar-refractivity contribution in [3.63, 3.8) is 0 Å². The first-order valence-corrected chi connectivity index (χ1v) is 17.4. The van der Waals surface area contributed by atoms with Gasteiger partial charge in [-0.05, 0) is 73.0 Å². The minimum Gasteiger partial charge on any atom is -0.457 e. The van der Waals surface area contributed by atoms with Crippen molar-refractivity contribution in [1.29, 1.82) is 0 Å². The number of hydrogen-bond acceptors (Lipinski definition) is 5. The molecule has 10 heteroatoms. The van der Waals surface area contributed by atoms with Gasteiger partial charge in [-0.3, -0.25) is 13.9 Å². The molecule has 2 amide bonds. The number of nitrogens with zero attached hydrogens (tertiary/aromatic N) is 2. The smallest absolute Gasteiger partial charge is 0.244 e. The molecule has 0 aliphatic heterocycles. The van der Waals surface area contributed by atoms with E-state index >= 15 is 0 Å². The Bertz CT molecular complexity index is 1670. The number of hydrogen-bond donors (Lipinski definition) is 1. The van der Waals surface area contributed by atoms with E-state index in [-0.39, 0.29) is 24.9 Å². The summed E-state index contributed by atoms with van der Waals surface area (Å²) in [6.45, 7) is 3.50. The van der Waals surface area contributed by atoms with Gasteiger partial charge in [0.2, 0.25) is 21.8 Å². The third-order valence-corrected chi connectivity index (χ3v) is 8.93. The minimum atomic E-state index is -3.89. The molecule has 45 heavy (non-hydrogen) atoms. The second-order valence-electron chi connectivity index (χ2n) is 10.9. The molecule has 4 rings (SSSR count). The third-order valence-electron chi connectivity index (χ3n) is 7.30. The molecular weight excluding hydrogens is 654 g/mol. The largest absolute Gasteiger partial charge is 0.457 e. The molecule has 0 fully saturated rings. The van der Waals surface area contributed by atoms with Crippen molar-refractivity contribution in [2.75, 3.05) is 17.1 Å². The van der Waals surface area contributed by atoms with E-state index in [9.17, 15) is 18.0 Å². The molecule has 1 N–H and O–H groups in total. The Morgan fingerprint density at radius 2 is 1.44 bits per heavy atom. The van der Waals surface area contributed by atoms with E-state index in [2.05, 4.69) is 21.2 Å². The van der Waals surface area contributed by atoms with Gasteiger partial charge in [-0.15, -0.1) is 0 Å². The summed E-state index contributed by atoms with van der Waals surface area (Å²) in [6, 6.07) is 31.7. The highest BCUT2D eigenvalue weighted by atomic mass is 79.9. The summed E-state index contributed by atoms with van der Waals surface area (Å²) in [7, 11) is -3.89. The summed E-state index contributed by atoms with van der Waals surface area (Å²) in [4.78, 5) is 29.5. The van der Waals surface area contributed by atoms with Crippen LogP contribution in [-0.2, 0) is 32.6 Å². The lowest BCUT2D eigenvalue weighted by Crippen LogP contribution is -2.54. The van der Waals surface area contributed by atoms with E-state index in [1.807, 2.05) is 98.8 Å². The topological polar surface area (TPSA) is 96.0 Å². The molecule has 0 aliphatic rings. The molecule has 0 aromatic heterocycles. The molecule has 0 radical (unpaired) electrons. The summed E-state index contributed by atoms with van der Waals surface area (Å²) < 4.78 is 33.9. The summed E-state index contributed by atoms with van der Waals surface area (Å²) in [5.74, 6) is 0.351. The van der Waals surface area contributed by atoms with Gasteiger partial charge >= 0.3 is 0 Å². The molecule has 0 bridgehead atoms. The molecule has 4 aromatic carbocycles. The van der Waals surface area contributed by atoms with E-state index < -0.39 is 28.5 Å². The number of ether oxygens (including phenoxy) is 1. The van der Waals surface area contributed by atoms with E-state index in [4.69, 9.17) is 4.74 Å². The van der Waals surface area contributed by atoms with Crippen LogP contribution in [0, 0.1) is 0 Å². The van der Waals surface area contributed by atoms with Gasteiger partial charge in [0.05, 0.1) is 11.9 Å². The maximum Gasteiger partial charge on any atom is 0.244 e. The molecule has 0 aliphatic carbocycles. The van der Waals surface area contributed by atoms with Crippen LogP contribution >= 0.6 is 15.9 Å². The first-order chi connectivity index (χ1) is 21.5. The molecule has 4 aromatic rings. The van der Waals surface area contributed by atoms with E-state index in [1.54, 1.807) is 24.3 Å². The van der Waals surface area contributed by atoms with E-state index in [0.29, 0.717) is 17.2 Å². The van der Waals surface area contributed by atoms with Crippen LogP contribution in [0.25, 0.3) is 0 Å². The van der Waals surface area contributed by atoms with Gasteiger partial charge in [0, 0.05) is 23.5 Å². The molecule has 0 unspecified atom stereocenters. The number of anilines is 1. The van der Waals surface area contributed by atoms with Crippen molar-refractivity contribution in [3.8, 4) is 11.5 Å². The number of amides is 2. The summed E-state index contributed by atoms with van der Waals surface area (Å²) in [5.41, 5.74) is 1.97. The van der Waals surface area contributed by atoms with Crippen LogP contribution in [-0.4, -0.2) is 50.0 Å². The van der Waals surface area contributed by atoms with Crippen molar-refractivity contribution in [3.05, 3.63) is 125 Å². The fourth-order valence-corrected chi connectivity index (χ4v) is 6.04. The van der Waals surface area contributed by atoms with Gasteiger partial charge < -0.3 is 15.0 Å². The number of carbonyl (C=O) groups excluding carboxylic acids is 2. The van der Waals surface area contributed by atoms with E-state index in [0.717, 1.165) is 32.6 Å². The highest BCUT2D eigenvalue weighted by Gasteiger charge is 2.33. The second-order valence-corrected chi connectivity index (χ2v) is 13.7. The predicted octanol–water partition coefficient (Wildman–Crippen LogP) is 6.56. The minimum absolute atomic E-state index is 0.102. The molecule has 0 saturated carbocycles. The van der Waals surface area contributed by atoms with Gasteiger partial charge in [-0.1, -0.05) is 83.5 Å². The highest BCUT2D eigenvalue weighted by molar-refractivity contribution is 9.10. The van der Waals surface area contributed by atoms with Crippen LogP contribution in [0.1, 0.15) is 31.4 Å². The van der Waals surface area contributed by atoms with E-state index in [1.165, 1.54) is 4.90 Å². The Kier molecular flexibility index (Phi) is 11.8. The number of rotatable bonds is 14. The van der Waals surface area contributed by atoms with Gasteiger partial charge in [0.15, 0.2) is 0 Å². The number of carbonyl (C=O) groups is 2. The van der Waals surface area contributed by atoms with Crippen LogP contribution in [0.3, 0.4) is 0 Å². The summed E-state index contributed by atoms with van der Waals surface area (Å²) in [5, 5.41) is 3.04. The lowest BCUT2D eigenvalue weighted by atomic mass is 10.0. The van der Waals surface area contributed by atoms with Crippen LogP contribution in [0.15, 0.2) is 114 Å². The van der Waals surface area contributed by atoms with Gasteiger partial charge in [0.1, 0.15) is 24.1 Å². The monoisotopic (exact) mass is 691 g/mol. The van der Waals surface area contributed by atoms with Crippen LogP contribution < -0.4 is 14.4 Å². The van der Waals surface area contributed by atoms with Gasteiger partial charge in [-0.25, -0.2) is 8.42 Å². The Balaban J connectivity index is 1.68. The van der Waals surface area contributed by atoms with Crippen molar-refractivity contribution in [1.82, 2.24) is 10.2 Å². The maximum atomic E-state index is 14.3. The maximum absolute atomic E-state index is 14.3. The molecular formula is C35H38BrN3O5S. The number of para-hydroxylation sites is 1. The molecule has 8 nitrogen and oxygen atoms in total. The van der Waals surface area contributed by atoms with Crippen LogP contribution in [0.5, 0.6) is 11.5 Å². The zero-order valence-electron chi connectivity index (χ0n) is 25.6. The fraction of sp³-hybridized carbons (Fsp3) is 0.257. The molecule has 2 atom stereocenters. The normalized spacial score (nSPS) is 12.5.